The van der Waals surface area contributed by atoms with E-state index in [2.05, 4.69) is 15.4 Å². The van der Waals surface area contributed by atoms with Crippen molar-refractivity contribution in [2.24, 2.45) is 0 Å². The molecule has 0 aromatic heterocycles. The summed E-state index contributed by atoms with van der Waals surface area (Å²) >= 11 is 0. The standard InChI is InChI=1S/C21H22N4O5S/c26-21(23-14-13-22-18-6-8-19(9-7-18)25(27)28)11-12-24-31(29,30)20-10-5-16-3-1-2-4-17(16)15-20/h1-10,15,22,24H,11-14H2,(H,23,26). The van der Waals surface area contributed by atoms with Crippen LogP contribution in [-0.2, 0) is 14.8 Å². The van der Waals surface area contributed by atoms with Crippen LogP contribution in [-0.4, -0.2) is 38.9 Å². The van der Waals surface area contributed by atoms with Gasteiger partial charge in [-0.05, 0) is 35.0 Å². The van der Waals surface area contributed by atoms with Gasteiger partial charge < -0.3 is 10.6 Å². The maximum absolute atomic E-state index is 12.4. The van der Waals surface area contributed by atoms with E-state index in [4.69, 9.17) is 0 Å². The highest BCUT2D eigenvalue weighted by atomic mass is 32.2. The molecule has 0 radical (unpaired) electrons. The molecule has 0 bridgehead atoms. The van der Waals surface area contributed by atoms with Gasteiger partial charge in [0, 0.05) is 43.9 Å². The molecule has 0 atom stereocenters. The predicted octanol–water partition coefficient (Wildman–Crippen LogP) is 2.64. The first-order chi connectivity index (χ1) is 14.8. The van der Waals surface area contributed by atoms with E-state index in [1.165, 1.54) is 18.2 Å². The van der Waals surface area contributed by atoms with Crippen molar-refractivity contribution in [1.29, 1.82) is 0 Å². The summed E-state index contributed by atoms with van der Waals surface area (Å²) in [6.45, 7) is 0.733. The molecule has 3 rings (SSSR count). The van der Waals surface area contributed by atoms with Gasteiger partial charge in [-0.2, -0.15) is 0 Å². The van der Waals surface area contributed by atoms with Crippen LogP contribution < -0.4 is 15.4 Å². The van der Waals surface area contributed by atoms with Crippen LogP contribution in [0.4, 0.5) is 11.4 Å². The molecule has 0 aliphatic heterocycles. The fraction of sp³-hybridized carbons (Fsp3) is 0.190. The van der Waals surface area contributed by atoms with Crippen LogP contribution in [0.5, 0.6) is 0 Å². The Morgan fingerprint density at radius 1 is 0.903 bits per heavy atom. The lowest BCUT2D eigenvalue weighted by Gasteiger charge is -2.09. The Balaban J connectivity index is 1.39. The first-order valence-corrected chi connectivity index (χ1v) is 11.1. The van der Waals surface area contributed by atoms with Crippen LogP contribution in [0.3, 0.4) is 0 Å². The van der Waals surface area contributed by atoms with Crippen LogP contribution in [0.25, 0.3) is 10.8 Å². The predicted molar refractivity (Wildman–Crippen MR) is 118 cm³/mol. The number of nitrogens with zero attached hydrogens (tertiary/aromatic N) is 1. The van der Waals surface area contributed by atoms with Gasteiger partial charge >= 0.3 is 0 Å². The topological polar surface area (TPSA) is 130 Å². The summed E-state index contributed by atoms with van der Waals surface area (Å²) in [6.07, 6.45) is 0.00431. The van der Waals surface area contributed by atoms with E-state index < -0.39 is 14.9 Å². The number of rotatable bonds is 10. The zero-order valence-electron chi connectivity index (χ0n) is 16.6. The van der Waals surface area contributed by atoms with Gasteiger partial charge in [0.05, 0.1) is 9.82 Å². The number of nitro benzene ring substituents is 1. The molecular weight excluding hydrogens is 420 g/mol. The number of hydrogen-bond acceptors (Lipinski definition) is 6. The molecule has 1 amide bonds. The normalized spacial score (nSPS) is 11.2. The number of hydrogen-bond donors (Lipinski definition) is 3. The minimum atomic E-state index is -3.71. The Morgan fingerprint density at radius 2 is 1.61 bits per heavy atom. The van der Waals surface area contributed by atoms with E-state index >= 15 is 0 Å². The lowest BCUT2D eigenvalue weighted by atomic mass is 10.1. The first kappa shape index (κ1) is 22.2. The van der Waals surface area contributed by atoms with Crippen molar-refractivity contribution in [2.75, 3.05) is 25.0 Å². The largest absolute Gasteiger partial charge is 0.383 e. The summed E-state index contributed by atoms with van der Waals surface area (Å²) in [5.41, 5.74) is 0.702. The van der Waals surface area contributed by atoms with E-state index in [-0.39, 0.29) is 29.5 Å². The molecule has 0 heterocycles. The minimum absolute atomic E-state index is 0.00431. The van der Waals surface area contributed by atoms with Crippen molar-refractivity contribution in [2.45, 2.75) is 11.3 Å². The fourth-order valence-corrected chi connectivity index (χ4v) is 3.98. The molecule has 0 aliphatic carbocycles. The molecule has 3 aromatic rings. The molecule has 10 heteroatoms. The average molecular weight is 442 g/mol. The van der Waals surface area contributed by atoms with Crippen LogP contribution in [0.1, 0.15) is 6.42 Å². The third-order valence-corrected chi connectivity index (χ3v) is 5.99. The van der Waals surface area contributed by atoms with Gasteiger partial charge in [-0.15, -0.1) is 0 Å². The number of non-ortho nitro benzene ring substituents is 1. The Labute approximate surface area is 179 Å². The molecule has 162 valence electrons. The second kappa shape index (κ2) is 10.0. The molecule has 3 aromatic carbocycles. The van der Waals surface area contributed by atoms with E-state index in [0.29, 0.717) is 18.8 Å². The third kappa shape index (κ3) is 6.24. The number of sulfonamides is 1. The van der Waals surface area contributed by atoms with Crippen molar-refractivity contribution >= 4 is 38.1 Å². The molecule has 0 saturated carbocycles. The highest BCUT2D eigenvalue weighted by Gasteiger charge is 2.14. The minimum Gasteiger partial charge on any atom is -0.383 e. The Morgan fingerprint density at radius 3 is 2.32 bits per heavy atom. The molecule has 3 N–H and O–H groups in total. The smallest absolute Gasteiger partial charge is 0.269 e. The Kier molecular flexibility index (Phi) is 7.16. The maximum Gasteiger partial charge on any atom is 0.269 e. The highest BCUT2D eigenvalue weighted by molar-refractivity contribution is 7.89. The zero-order chi connectivity index (χ0) is 22.3. The second-order valence-corrected chi connectivity index (χ2v) is 8.50. The maximum atomic E-state index is 12.4. The molecule has 0 spiro atoms. The third-order valence-electron chi connectivity index (χ3n) is 4.53. The molecule has 0 aliphatic rings. The lowest BCUT2D eigenvalue weighted by Crippen LogP contribution is -2.33. The molecule has 0 fully saturated rings. The Bertz CT molecular complexity index is 1180. The molecule has 0 saturated heterocycles. The van der Waals surface area contributed by atoms with E-state index in [0.717, 1.165) is 10.8 Å². The van der Waals surface area contributed by atoms with Crippen molar-refractivity contribution in [3.8, 4) is 0 Å². The highest BCUT2D eigenvalue weighted by Crippen LogP contribution is 2.18. The summed E-state index contributed by atoms with van der Waals surface area (Å²) < 4.78 is 27.3. The summed E-state index contributed by atoms with van der Waals surface area (Å²) in [7, 11) is -3.71. The number of amides is 1. The number of nitrogens with one attached hydrogen (secondary N) is 3. The van der Waals surface area contributed by atoms with Crippen molar-refractivity contribution < 1.29 is 18.1 Å². The van der Waals surface area contributed by atoms with Crippen molar-refractivity contribution in [3.63, 3.8) is 0 Å². The number of benzene rings is 3. The number of anilines is 1. The van der Waals surface area contributed by atoms with Gasteiger partial charge in [0.1, 0.15) is 0 Å². The van der Waals surface area contributed by atoms with Gasteiger partial charge in [0.25, 0.3) is 5.69 Å². The number of carbonyl (C=O) groups is 1. The van der Waals surface area contributed by atoms with Gasteiger partial charge in [-0.1, -0.05) is 30.3 Å². The lowest BCUT2D eigenvalue weighted by molar-refractivity contribution is -0.384. The van der Waals surface area contributed by atoms with Crippen LogP contribution >= 0.6 is 0 Å². The zero-order valence-corrected chi connectivity index (χ0v) is 17.4. The SMILES string of the molecule is O=C(CCNS(=O)(=O)c1ccc2ccccc2c1)NCCNc1ccc([N+](=O)[O-])cc1. The molecular formula is C21H22N4O5S. The molecule has 31 heavy (non-hydrogen) atoms. The average Bonchev–Trinajstić information content (AvgIpc) is 2.76. The molecule has 9 nitrogen and oxygen atoms in total. The number of carbonyl (C=O) groups excluding carboxylic acids is 1. The van der Waals surface area contributed by atoms with E-state index in [1.807, 2.05) is 24.3 Å². The summed E-state index contributed by atoms with van der Waals surface area (Å²) in [4.78, 5) is 22.2. The van der Waals surface area contributed by atoms with E-state index in [1.54, 1.807) is 24.3 Å². The monoisotopic (exact) mass is 442 g/mol. The van der Waals surface area contributed by atoms with Gasteiger partial charge in [-0.25, -0.2) is 13.1 Å². The van der Waals surface area contributed by atoms with Crippen LogP contribution in [0.15, 0.2) is 71.6 Å². The summed E-state index contributed by atoms with van der Waals surface area (Å²) in [5, 5.41) is 18.1. The quantitative estimate of drug-likeness (QED) is 0.251. The van der Waals surface area contributed by atoms with Crippen LogP contribution in [0, 0.1) is 10.1 Å². The van der Waals surface area contributed by atoms with Crippen molar-refractivity contribution in [1.82, 2.24) is 10.0 Å². The summed E-state index contributed by atoms with van der Waals surface area (Å²) in [6, 6.07) is 18.3. The van der Waals surface area contributed by atoms with Crippen LogP contribution in [0.2, 0.25) is 0 Å². The van der Waals surface area contributed by atoms with Crippen molar-refractivity contribution in [3.05, 3.63) is 76.8 Å². The van der Waals surface area contributed by atoms with Gasteiger partial charge in [0.15, 0.2) is 0 Å². The second-order valence-electron chi connectivity index (χ2n) is 6.74. The van der Waals surface area contributed by atoms with Gasteiger partial charge in [-0.3, -0.25) is 14.9 Å². The fourth-order valence-electron chi connectivity index (χ4n) is 2.91. The number of nitro groups is 1. The Hall–Kier alpha value is -3.50. The first-order valence-electron chi connectivity index (χ1n) is 9.59. The molecule has 0 unspecified atom stereocenters. The van der Waals surface area contributed by atoms with Gasteiger partial charge in [0.2, 0.25) is 15.9 Å². The van der Waals surface area contributed by atoms with E-state index in [9.17, 15) is 23.3 Å². The number of fused-ring (bicyclic) bond motifs is 1. The summed E-state index contributed by atoms with van der Waals surface area (Å²) in [5.74, 6) is -0.285.